The molecule has 1 saturated heterocycles. The Morgan fingerprint density at radius 2 is 2.00 bits per heavy atom. The zero-order valence-electron chi connectivity index (χ0n) is 16.2. The number of anilines is 2. The lowest BCUT2D eigenvalue weighted by Gasteiger charge is -2.34. The first-order valence-corrected chi connectivity index (χ1v) is 9.90. The lowest BCUT2D eigenvalue weighted by molar-refractivity contribution is -0.892. The van der Waals surface area contributed by atoms with Crippen LogP contribution < -0.4 is 19.9 Å². The summed E-state index contributed by atoms with van der Waals surface area (Å²) in [5.74, 6) is 0.711. The van der Waals surface area contributed by atoms with Gasteiger partial charge in [-0.3, -0.25) is 14.9 Å². The van der Waals surface area contributed by atoms with Crippen LogP contribution in [0.1, 0.15) is 6.92 Å². The average molecular weight is 420 g/mol. The topological polar surface area (TPSA) is 89.2 Å². The van der Waals surface area contributed by atoms with Crippen LogP contribution in [0, 0.1) is 10.1 Å². The Morgan fingerprint density at radius 3 is 2.66 bits per heavy atom. The van der Waals surface area contributed by atoms with Crippen LogP contribution in [0.4, 0.5) is 17.1 Å². The predicted molar refractivity (Wildman–Crippen MR) is 112 cm³/mol. The minimum Gasteiger partial charge on any atom is -0.492 e. The van der Waals surface area contributed by atoms with Crippen molar-refractivity contribution in [1.82, 2.24) is 0 Å². The van der Waals surface area contributed by atoms with Crippen LogP contribution in [0.15, 0.2) is 42.5 Å². The Hall–Kier alpha value is -2.84. The molecule has 1 aliphatic rings. The van der Waals surface area contributed by atoms with Crippen molar-refractivity contribution in [3.05, 3.63) is 57.6 Å². The van der Waals surface area contributed by atoms with Gasteiger partial charge in [0.15, 0.2) is 6.54 Å². The van der Waals surface area contributed by atoms with Gasteiger partial charge in [0.25, 0.3) is 11.6 Å². The van der Waals surface area contributed by atoms with Gasteiger partial charge in [-0.25, -0.2) is 0 Å². The number of ether oxygens (including phenoxy) is 1. The van der Waals surface area contributed by atoms with Gasteiger partial charge in [0.2, 0.25) is 0 Å². The van der Waals surface area contributed by atoms with E-state index in [4.69, 9.17) is 16.3 Å². The third-order valence-corrected chi connectivity index (χ3v) is 5.14. The quantitative estimate of drug-likeness (QED) is 0.529. The number of amides is 1. The summed E-state index contributed by atoms with van der Waals surface area (Å²) < 4.78 is 5.72. The monoisotopic (exact) mass is 419 g/mol. The first kappa shape index (κ1) is 20.9. The van der Waals surface area contributed by atoms with E-state index in [0.717, 1.165) is 37.6 Å². The van der Waals surface area contributed by atoms with Crippen LogP contribution in [0.3, 0.4) is 0 Å². The van der Waals surface area contributed by atoms with E-state index in [0.29, 0.717) is 18.8 Å². The maximum Gasteiger partial charge on any atom is 0.279 e. The van der Waals surface area contributed by atoms with Gasteiger partial charge in [-0.2, -0.15) is 0 Å². The molecule has 2 aromatic carbocycles. The molecule has 0 aromatic heterocycles. The molecule has 2 N–H and O–H groups in total. The number of nitrogens with zero attached hydrogens (tertiary/aromatic N) is 2. The summed E-state index contributed by atoms with van der Waals surface area (Å²) >= 11 is 6.04. The third kappa shape index (κ3) is 5.36. The molecule has 1 heterocycles. The molecule has 0 radical (unpaired) electrons. The van der Waals surface area contributed by atoms with Crippen molar-refractivity contribution in [2.75, 3.05) is 49.5 Å². The Bertz CT molecular complexity index is 885. The smallest absolute Gasteiger partial charge is 0.279 e. The lowest BCUT2D eigenvalue weighted by atomic mass is 10.2. The Balaban J connectivity index is 1.53. The van der Waals surface area contributed by atoms with Gasteiger partial charge in [-0.1, -0.05) is 23.7 Å². The second-order valence-electron chi connectivity index (χ2n) is 6.78. The van der Waals surface area contributed by atoms with Crippen LogP contribution in [0.25, 0.3) is 0 Å². The number of hydrogen-bond donors (Lipinski definition) is 2. The highest BCUT2D eigenvalue weighted by Crippen LogP contribution is 2.28. The summed E-state index contributed by atoms with van der Waals surface area (Å²) in [5, 5.41) is 13.7. The predicted octanol–water partition coefficient (Wildman–Crippen LogP) is 1.99. The van der Waals surface area contributed by atoms with E-state index < -0.39 is 4.92 Å². The van der Waals surface area contributed by atoms with Crippen LogP contribution >= 0.6 is 11.6 Å². The standard InChI is InChI=1S/C20H23ClN4O4/c1-2-29-19-6-4-3-5-18(19)24-11-9-23(10-12-24)14-20(26)22-17-8-7-15(25(27)28)13-16(17)21/h3-8,13H,2,9-12,14H2,1H3,(H,22,26)/p+1. The first-order chi connectivity index (χ1) is 14.0. The molecule has 0 spiro atoms. The van der Waals surface area contributed by atoms with Crippen LogP contribution in [-0.2, 0) is 4.79 Å². The van der Waals surface area contributed by atoms with E-state index in [2.05, 4.69) is 16.3 Å². The summed E-state index contributed by atoms with van der Waals surface area (Å²) in [4.78, 5) is 26.1. The molecule has 1 aliphatic heterocycles. The zero-order chi connectivity index (χ0) is 20.8. The van der Waals surface area contributed by atoms with Crippen molar-refractivity contribution < 1.29 is 19.4 Å². The fourth-order valence-electron chi connectivity index (χ4n) is 3.38. The molecule has 9 heteroatoms. The number of nitro groups is 1. The molecule has 154 valence electrons. The number of quaternary nitrogens is 1. The minimum atomic E-state index is -0.523. The number of hydrogen-bond acceptors (Lipinski definition) is 5. The van der Waals surface area contributed by atoms with Crippen molar-refractivity contribution in [2.45, 2.75) is 6.92 Å². The average Bonchev–Trinajstić information content (AvgIpc) is 2.71. The van der Waals surface area contributed by atoms with Crippen molar-refractivity contribution in [3.8, 4) is 5.75 Å². The number of nitrogens with one attached hydrogen (secondary N) is 2. The maximum atomic E-state index is 12.4. The molecule has 3 rings (SSSR count). The fraction of sp³-hybridized carbons (Fsp3) is 0.350. The molecule has 0 bridgehead atoms. The number of nitro benzene ring substituents is 1. The summed E-state index contributed by atoms with van der Waals surface area (Å²) in [6.45, 7) is 6.19. The third-order valence-electron chi connectivity index (χ3n) is 4.82. The van der Waals surface area contributed by atoms with Crippen molar-refractivity contribution in [3.63, 3.8) is 0 Å². The number of para-hydroxylation sites is 2. The van der Waals surface area contributed by atoms with Gasteiger partial charge < -0.3 is 19.9 Å². The summed E-state index contributed by atoms with van der Waals surface area (Å²) in [7, 11) is 0. The lowest BCUT2D eigenvalue weighted by Crippen LogP contribution is -3.15. The molecular formula is C20H24ClN4O4+. The molecule has 29 heavy (non-hydrogen) atoms. The van der Waals surface area contributed by atoms with E-state index in [1.165, 1.54) is 23.1 Å². The summed E-state index contributed by atoms with van der Waals surface area (Å²) in [6.07, 6.45) is 0. The van der Waals surface area contributed by atoms with Gasteiger partial charge in [-0.15, -0.1) is 0 Å². The highest BCUT2D eigenvalue weighted by Gasteiger charge is 2.24. The number of rotatable bonds is 7. The Morgan fingerprint density at radius 1 is 1.28 bits per heavy atom. The van der Waals surface area contributed by atoms with E-state index in [1.54, 1.807) is 0 Å². The van der Waals surface area contributed by atoms with E-state index in [9.17, 15) is 14.9 Å². The SMILES string of the molecule is CCOc1ccccc1N1CC[NH+](CC(=O)Nc2ccc([N+](=O)[O-])cc2Cl)CC1. The molecule has 0 aliphatic carbocycles. The molecule has 1 fully saturated rings. The summed E-state index contributed by atoms with van der Waals surface area (Å²) in [5.41, 5.74) is 1.35. The van der Waals surface area contributed by atoms with Gasteiger partial charge in [0.1, 0.15) is 5.75 Å². The van der Waals surface area contributed by atoms with Gasteiger partial charge in [-0.05, 0) is 25.1 Å². The number of piperazine rings is 1. The van der Waals surface area contributed by atoms with Crippen LogP contribution in [-0.4, -0.2) is 50.2 Å². The van der Waals surface area contributed by atoms with Gasteiger partial charge >= 0.3 is 0 Å². The van der Waals surface area contributed by atoms with Crippen LogP contribution in [0.2, 0.25) is 5.02 Å². The molecule has 8 nitrogen and oxygen atoms in total. The number of carbonyl (C=O) groups excluding carboxylic acids is 1. The minimum absolute atomic E-state index is 0.109. The Kier molecular flexibility index (Phi) is 6.90. The van der Waals surface area contributed by atoms with E-state index in [1.807, 2.05) is 25.1 Å². The fourth-order valence-corrected chi connectivity index (χ4v) is 3.60. The normalized spacial score (nSPS) is 14.5. The van der Waals surface area contributed by atoms with Crippen molar-refractivity contribution >= 4 is 34.6 Å². The molecule has 1 amide bonds. The maximum absolute atomic E-state index is 12.4. The van der Waals surface area contributed by atoms with Crippen molar-refractivity contribution in [1.29, 1.82) is 0 Å². The highest BCUT2D eigenvalue weighted by molar-refractivity contribution is 6.34. The number of non-ortho nitro benzene ring substituents is 1. The molecule has 0 unspecified atom stereocenters. The van der Waals surface area contributed by atoms with Crippen LogP contribution in [0.5, 0.6) is 5.75 Å². The molecule has 2 aromatic rings. The zero-order valence-corrected chi connectivity index (χ0v) is 16.9. The summed E-state index contributed by atoms with van der Waals surface area (Å²) in [6, 6.07) is 12.0. The second-order valence-corrected chi connectivity index (χ2v) is 7.19. The molecular weight excluding hydrogens is 396 g/mol. The molecule has 0 atom stereocenters. The second kappa shape index (κ2) is 9.58. The Labute approximate surface area is 174 Å². The first-order valence-electron chi connectivity index (χ1n) is 9.52. The largest absolute Gasteiger partial charge is 0.492 e. The van der Waals surface area contributed by atoms with E-state index in [-0.39, 0.29) is 16.6 Å². The number of benzene rings is 2. The number of carbonyl (C=O) groups is 1. The van der Waals surface area contributed by atoms with E-state index >= 15 is 0 Å². The molecule has 0 saturated carbocycles. The van der Waals surface area contributed by atoms with Gasteiger partial charge in [0, 0.05) is 12.1 Å². The van der Waals surface area contributed by atoms with Gasteiger partial charge in [0.05, 0.1) is 54.1 Å². The number of halogens is 1. The highest BCUT2D eigenvalue weighted by atomic mass is 35.5. The van der Waals surface area contributed by atoms with Crippen molar-refractivity contribution in [2.24, 2.45) is 0 Å².